The van der Waals surface area contributed by atoms with Gasteiger partial charge in [0.15, 0.2) is 0 Å². The van der Waals surface area contributed by atoms with Crippen LogP contribution in [-0.2, 0) is 5.54 Å². The van der Waals surface area contributed by atoms with Crippen LogP contribution >= 0.6 is 0 Å². The van der Waals surface area contributed by atoms with Crippen LogP contribution < -0.4 is 10.6 Å². The minimum Gasteiger partial charge on any atom is -0.382 e. The molecule has 1 aromatic carbocycles. The van der Waals surface area contributed by atoms with Gasteiger partial charge in [-0.2, -0.15) is 29.0 Å². The summed E-state index contributed by atoms with van der Waals surface area (Å²) in [5.74, 6) is 0.726. The summed E-state index contributed by atoms with van der Waals surface area (Å²) in [6.07, 6.45) is 5.23. The molecule has 0 aliphatic heterocycles. The number of alkyl halides is 3. The van der Waals surface area contributed by atoms with Gasteiger partial charge in [0.25, 0.3) is 0 Å². The molecule has 0 radical (unpaired) electrons. The van der Waals surface area contributed by atoms with Gasteiger partial charge in [-0.15, -0.1) is 5.10 Å². The van der Waals surface area contributed by atoms with Gasteiger partial charge >= 0.3 is 6.18 Å². The Morgan fingerprint density at radius 3 is 2.42 bits per heavy atom. The first-order chi connectivity index (χ1) is 21.3. The smallest absolute Gasteiger partial charge is 0.382 e. The van der Waals surface area contributed by atoms with Gasteiger partial charge in [0.1, 0.15) is 17.8 Å². The maximum absolute atomic E-state index is 13.7. The molecule has 9 nitrogen and oxygen atoms in total. The molecule has 230 valence electrons. The molecule has 0 unspecified atom stereocenters. The molecule has 0 amide bonds. The first-order valence-corrected chi connectivity index (χ1v) is 14.5. The molecule has 1 atom stereocenters. The van der Waals surface area contributed by atoms with Crippen LogP contribution in [0.4, 0.5) is 24.5 Å². The molecule has 2 N–H and O–H groups in total. The number of hydrogen-bond acceptors (Lipinski definition) is 8. The maximum atomic E-state index is 13.7. The van der Waals surface area contributed by atoms with Gasteiger partial charge in [0, 0.05) is 23.8 Å². The lowest BCUT2D eigenvalue weighted by molar-refractivity contribution is -0.206. The van der Waals surface area contributed by atoms with Crippen LogP contribution in [-0.4, -0.2) is 32.7 Å². The van der Waals surface area contributed by atoms with Crippen LogP contribution in [0.2, 0.25) is 0 Å². The lowest BCUT2D eigenvalue weighted by Crippen LogP contribution is -2.59. The van der Waals surface area contributed by atoms with Crippen LogP contribution in [0.15, 0.2) is 60.0 Å². The normalized spacial score (nSPS) is 20.2. The second kappa shape index (κ2) is 11.4. The van der Waals surface area contributed by atoms with Crippen molar-refractivity contribution in [1.29, 1.82) is 15.8 Å². The number of halogens is 3. The second-order valence-corrected chi connectivity index (χ2v) is 12.5. The van der Waals surface area contributed by atoms with Crippen LogP contribution in [0.1, 0.15) is 69.8 Å². The van der Waals surface area contributed by atoms with E-state index in [2.05, 4.69) is 44.6 Å². The summed E-state index contributed by atoms with van der Waals surface area (Å²) in [5.41, 5.74) is 0.986. The van der Waals surface area contributed by atoms with E-state index in [1.165, 1.54) is 6.20 Å². The summed E-state index contributed by atoms with van der Waals surface area (Å²) in [7, 11) is 0. The Labute approximate surface area is 259 Å². The number of pyridine rings is 1. The van der Waals surface area contributed by atoms with Crippen LogP contribution in [0.5, 0.6) is 0 Å². The molecule has 3 saturated carbocycles. The SMILES string of the molecule is C=C(/C(C)=C(C#N)\C=C/C)[C@H](Nc1cc(C#N)c2ncc(C#N)c(NCC(C)(C)C(F)(F)F)c2c1)c1cn(C23CC(C2)C3)nn1. The fraction of sp³-hybridized carbons (Fsp3) is 0.394. The van der Waals surface area contributed by atoms with Crippen LogP contribution in [0.25, 0.3) is 10.9 Å². The van der Waals surface area contributed by atoms with Crippen LogP contribution in [0, 0.1) is 45.3 Å². The topological polar surface area (TPSA) is 139 Å². The van der Waals surface area contributed by atoms with Crippen LogP contribution in [0.3, 0.4) is 0 Å². The van der Waals surface area contributed by atoms with Crippen molar-refractivity contribution in [2.45, 2.75) is 64.7 Å². The number of fused-ring (bicyclic) bond motifs is 1. The molecule has 3 fully saturated rings. The van der Waals surface area contributed by atoms with E-state index in [0.717, 1.165) is 39.0 Å². The largest absolute Gasteiger partial charge is 0.395 e. The highest BCUT2D eigenvalue weighted by molar-refractivity contribution is 5.99. The first-order valence-electron chi connectivity index (χ1n) is 14.5. The number of benzene rings is 1. The molecule has 0 saturated heterocycles. The maximum Gasteiger partial charge on any atom is 0.395 e. The number of nitriles is 3. The number of rotatable bonds is 10. The Morgan fingerprint density at radius 1 is 1.18 bits per heavy atom. The van der Waals surface area contributed by atoms with Gasteiger partial charge < -0.3 is 10.6 Å². The Balaban J connectivity index is 1.60. The fourth-order valence-electron chi connectivity index (χ4n) is 5.82. The Bertz CT molecular complexity index is 1860. The summed E-state index contributed by atoms with van der Waals surface area (Å²) in [5, 5.41) is 45.1. The molecular formula is C33H32F3N9. The predicted molar refractivity (Wildman–Crippen MR) is 163 cm³/mol. The third-order valence-corrected chi connectivity index (χ3v) is 8.98. The number of anilines is 2. The molecule has 6 rings (SSSR count). The van der Waals surface area contributed by atoms with Crippen molar-refractivity contribution in [2.24, 2.45) is 11.3 Å². The molecule has 3 aromatic rings. The summed E-state index contributed by atoms with van der Waals surface area (Å²) in [6.45, 7) is 9.52. The molecule has 12 heteroatoms. The Hall–Kier alpha value is -5.15. The fourth-order valence-corrected chi connectivity index (χ4v) is 5.82. The summed E-state index contributed by atoms with van der Waals surface area (Å²) >= 11 is 0. The number of allylic oxidation sites excluding steroid dienone is 3. The third-order valence-electron chi connectivity index (χ3n) is 8.98. The third kappa shape index (κ3) is 5.51. The summed E-state index contributed by atoms with van der Waals surface area (Å²) in [4.78, 5) is 4.29. The molecule has 3 aliphatic rings. The van der Waals surface area contributed by atoms with Crippen molar-refractivity contribution in [2.75, 3.05) is 17.2 Å². The van der Waals surface area contributed by atoms with E-state index in [1.54, 1.807) is 31.2 Å². The lowest BCUT2D eigenvalue weighted by atomic mass is 9.50. The van der Waals surface area contributed by atoms with E-state index in [9.17, 15) is 29.0 Å². The molecule has 45 heavy (non-hydrogen) atoms. The van der Waals surface area contributed by atoms with Crippen molar-refractivity contribution in [3.05, 3.63) is 76.8 Å². The van der Waals surface area contributed by atoms with E-state index in [1.807, 2.05) is 23.9 Å². The second-order valence-electron chi connectivity index (χ2n) is 12.5. The zero-order valence-corrected chi connectivity index (χ0v) is 25.4. The van der Waals surface area contributed by atoms with Crippen molar-refractivity contribution in [3.63, 3.8) is 0 Å². The van der Waals surface area contributed by atoms with Crippen molar-refractivity contribution in [3.8, 4) is 18.2 Å². The molecule has 2 aromatic heterocycles. The zero-order valence-electron chi connectivity index (χ0n) is 25.4. The van der Waals surface area contributed by atoms with Gasteiger partial charge in [-0.1, -0.05) is 17.9 Å². The Morgan fingerprint density at radius 2 is 1.87 bits per heavy atom. The summed E-state index contributed by atoms with van der Waals surface area (Å²) < 4.78 is 42.9. The Kier molecular flexibility index (Phi) is 7.93. The summed E-state index contributed by atoms with van der Waals surface area (Å²) in [6, 6.07) is 8.84. The molecule has 3 aliphatic carbocycles. The lowest BCUT2D eigenvalue weighted by Gasteiger charge is -2.61. The van der Waals surface area contributed by atoms with E-state index in [0.29, 0.717) is 33.5 Å². The number of nitrogens with zero attached hydrogens (tertiary/aromatic N) is 7. The average molecular weight is 612 g/mol. The molecule has 0 spiro atoms. The van der Waals surface area contributed by atoms with Gasteiger partial charge in [0.2, 0.25) is 0 Å². The monoisotopic (exact) mass is 611 g/mol. The highest BCUT2D eigenvalue weighted by Crippen LogP contribution is 2.62. The van der Waals surface area contributed by atoms with Gasteiger partial charge in [-0.05, 0) is 82.2 Å². The quantitative estimate of drug-likeness (QED) is 0.181. The highest BCUT2D eigenvalue weighted by Gasteiger charge is 2.59. The molecular weight excluding hydrogens is 579 g/mol. The van der Waals surface area contributed by atoms with Gasteiger partial charge in [-0.25, -0.2) is 4.68 Å². The number of hydrogen-bond donors (Lipinski definition) is 2. The van der Waals surface area contributed by atoms with Gasteiger partial charge in [-0.3, -0.25) is 4.98 Å². The first kappa shape index (κ1) is 31.3. The standard InChI is InChI=1S/C33H32F3N9/c1-6-7-22(13-37)19(2)20(3)28(27-17-45(44-43-27)32-10-21(11-32)12-32)42-25-8-23(14-38)29-26(9-25)30(24(15-39)16-40-29)41-18-31(4,5)33(34,35)36/h6-9,16-17,21,28,42H,3,10-12,18H2,1-2,4-5H3,(H,40,41)/b7-6-,22-19+/t21?,28-,32?/m0/s1. The number of nitrogens with one attached hydrogen (secondary N) is 2. The average Bonchev–Trinajstić information content (AvgIpc) is 3.43. The van der Waals surface area contributed by atoms with Crippen molar-refractivity contribution < 1.29 is 13.2 Å². The zero-order chi connectivity index (χ0) is 32.7. The van der Waals surface area contributed by atoms with E-state index in [4.69, 9.17) is 0 Å². The minimum absolute atomic E-state index is 0.0174. The van der Waals surface area contributed by atoms with E-state index in [-0.39, 0.29) is 27.9 Å². The molecule has 2 bridgehead atoms. The number of aromatic nitrogens is 4. The van der Waals surface area contributed by atoms with Crippen molar-refractivity contribution in [1.82, 2.24) is 20.0 Å². The predicted octanol–water partition coefficient (Wildman–Crippen LogP) is 7.20. The highest BCUT2D eigenvalue weighted by atomic mass is 19.4. The van der Waals surface area contributed by atoms with E-state index < -0.39 is 24.2 Å². The minimum atomic E-state index is -4.49. The van der Waals surface area contributed by atoms with Gasteiger partial charge in [0.05, 0.1) is 57.2 Å². The molecule has 2 heterocycles. The van der Waals surface area contributed by atoms with E-state index >= 15 is 0 Å². The van der Waals surface area contributed by atoms with Crippen molar-refractivity contribution >= 4 is 22.3 Å².